The molecule has 0 saturated heterocycles. The number of benzene rings is 1. The van der Waals surface area contributed by atoms with Crippen LogP contribution in [0.4, 0.5) is 0 Å². The molecule has 0 heterocycles. The molecule has 7 heteroatoms. The third-order valence-electron chi connectivity index (χ3n) is 2.62. The maximum absolute atomic E-state index is 12.1. The summed E-state index contributed by atoms with van der Waals surface area (Å²) in [5.41, 5.74) is 0.257. The van der Waals surface area contributed by atoms with Crippen molar-refractivity contribution in [2.45, 2.75) is 12.5 Å². The Labute approximate surface area is 126 Å². The topological polar surface area (TPSA) is 75.6 Å². The van der Waals surface area contributed by atoms with Gasteiger partial charge in [-0.05, 0) is 36.6 Å². The van der Waals surface area contributed by atoms with Crippen molar-refractivity contribution in [1.29, 1.82) is 0 Å². The molecule has 20 heavy (non-hydrogen) atoms. The van der Waals surface area contributed by atoms with Gasteiger partial charge in [0.15, 0.2) is 0 Å². The van der Waals surface area contributed by atoms with Gasteiger partial charge in [-0.3, -0.25) is 4.79 Å². The molecule has 5 nitrogen and oxygen atoms in total. The van der Waals surface area contributed by atoms with E-state index in [-0.39, 0.29) is 5.56 Å². The molecule has 0 aliphatic carbocycles. The van der Waals surface area contributed by atoms with E-state index in [9.17, 15) is 9.59 Å². The van der Waals surface area contributed by atoms with Crippen LogP contribution in [0.1, 0.15) is 16.8 Å². The van der Waals surface area contributed by atoms with Gasteiger partial charge in [-0.2, -0.15) is 11.8 Å². The predicted molar refractivity (Wildman–Crippen MR) is 79.9 cm³/mol. The summed E-state index contributed by atoms with van der Waals surface area (Å²) < 4.78 is 5.07. The summed E-state index contributed by atoms with van der Waals surface area (Å²) in [6, 6.07) is 3.64. The van der Waals surface area contributed by atoms with Crippen molar-refractivity contribution in [3.05, 3.63) is 28.8 Å². The molecule has 1 unspecified atom stereocenters. The minimum Gasteiger partial charge on any atom is -0.496 e. The van der Waals surface area contributed by atoms with Crippen LogP contribution >= 0.6 is 23.4 Å². The molecule has 0 radical (unpaired) electrons. The first-order valence-corrected chi connectivity index (χ1v) is 7.63. The van der Waals surface area contributed by atoms with Crippen molar-refractivity contribution in [2.75, 3.05) is 19.1 Å². The van der Waals surface area contributed by atoms with E-state index in [1.807, 2.05) is 6.26 Å². The van der Waals surface area contributed by atoms with E-state index in [2.05, 4.69) is 5.32 Å². The van der Waals surface area contributed by atoms with Gasteiger partial charge in [-0.15, -0.1) is 0 Å². The second kappa shape index (κ2) is 8.01. The normalized spacial score (nSPS) is 11.8. The zero-order chi connectivity index (χ0) is 15.1. The fourth-order valence-corrected chi connectivity index (χ4v) is 2.22. The highest BCUT2D eigenvalue weighted by Crippen LogP contribution is 2.23. The Hall–Kier alpha value is -1.40. The summed E-state index contributed by atoms with van der Waals surface area (Å²) in [7, 11) is 1.42. The van der Waals surface area contributed by atoms with Crippen molar-refractivity contribution < 1.29 is 19.4 Å². The van der Waals surface area contributed by atoms with Crippen molar-refractivity contribution >= 4 is 35.2 Å². The fourth-order valence-electron chi connectivity index (χ4n) is 1.58. The maximum Gasteiger partial charge on any atom is 0.326 e. The lowest BCUT2D eigenvalue weighted by Crippen LogP contribution is -2.41. The smallest absolute Gasteiger partial charge is 0.326 e. The molecule has 1 rings (SSSR count). The molecule has 0 spiro atoms. The highest BCUT2D eigenvalue weighted by atomic mass is 35.5. The summed E-state index contributed by atoms with van der Waals surface area (Å²) in [5, 5.41) is 12.0. The Morgan fingerprint density at radius 2 is 2.20 bits per heavy atom. The van der Waals surface area contributed by atoms with E-state index in [1.165, 1.54) is 31.0 Å². The van der Waals surface area contributed by atoms with Crippen LogP contribution in [0.25, 0.3) is 0 Å². The van der Waals surface area contributed by atoms with Gasteiger partial charge in [0.1, 0.15) is 11.8 Å². The lowest BCUT2D eigenvalue weighted by molar-refractivity contribution is -0.139. The zero-order valence-electron chi connectivity index (χ0n) is 11.2. The van der Waals surface area contributed by atoms with E-state index >= 15 is 0 Å². The SMILES string of the molecule is COc1cc(Cl)ccc1C(=O)NC(CCSC)C(=O)O. The molecule has 0 aliphatic heterocycles. The van der Waals surface area contributed by atoms with Crippen molar-refractivity contribution in [3.63, 3.8) is 0 Å². The van der Waals surface area contributed by atoms with Crippen LogP contribution in [0, 0.1) is 0 Å². The number of nitrogens with one attached hydrogen (secondary N) is 1. The lowest BCUT2D eigenvalue weighted by Gasteiger charge is -2.15. The number of methoxy groups -OCH3 is 1. The average Bonchev–Trinajstić information content (AvgIpc) is 2.42. The van der Waals surface area contributed by atoms with Crippen LogP contribution in [0.15, 0.2) is 18.2 Å². The van der Waals surface area contributed by atoms with Crippen LogP contribution in [0.2, 0.25) is 5.02 Å². The average molecular weight is 318 g/mol. The number of hydrogen-bond acceptors (Lipinski definition) is 4. The summed E-state index contributed by atoms with van der Waals surface area (Å²) in [5.74, 6) is -0.592. The highest BCUT2D eigenvalue weighted by molar-refractivity contribution is 7.98. The zero-order valence-corrected chi connectivity index (χ0v) is 12.8. The van der Waals surface area contributed by atoms with Gasteiger partial charge >= 0.3 is 5.97 Å². The predicted octanol–water partition coefficient (Wildman–Crippen LogP) is 2.28. The monoisotopic (exact) mass is 317 g/mol. The summed E-state index contributed by atoms with van der Waals surface area (Å²) in [4.78, 5) is 23.2. The van der Waals surface area contributed by atoms with E-state index < -0.39 is 17.9 Å². The van der Waals surface area contributed by atoms with E-state index in [0.29, 0.717) is 22.9 Å². The molecule has 1 amide bonds. The lowest BCUT2D eigenvalue weighted by atomic mass is 10.1. The van der Waals surface area contributed by atoms with Gasteiger partial charge in [0.05, 0.1) is 12.7 Å². The quantitative estimate of drug-likeness (QED) is 0.807. The minimum absolute atomic E-state index is 0.257. The third-order valence-corrected chi connectivity index (χ3v) is 3.50. The Morgan fingerprint density at radius 1 is 1.50 bits per heavy atom. The Kier molecular flexibility index (Phi) is 6.67. The van der Waals surface area contributed by atoms with Gasteiger partial charge in [-0.25, -0.2) is 4.79 Å². The van der Waals surface area contributed by atoms with Gasteiger partial charge in [0, 0.05) is 5.02 Å². The molecule has 2 N–H and O–H groups in total. The molecule has 0 aliphatic rings. The molecule has 0 saturated carbocycles. The van der Waals surface area contributed by atoms with Crippen LogP contribution < -0.4 is 10.1 Å². The molecule has 1 atom stereocenters. The number of ether oxygens (including phenoxy) is 1. The number of rotatable bonds is 7. The number of amides is 1. The molecule has 0 aromatic heterocycles. The molecule has 1 aromatic rings. The van der Waals surface area contributed by atoms with Crippen molar-refractivity contribution in [1.82, 2.24) is 5.32 Å². The van der Waals surface area contributed by atoms with Gasteiger partial charge in [0.2, 0.25) is 0 Å². The molecule has 110 valence electrons. The highest BCUT2D eigenvalue weighted by Gasteiger charge is 2.22. The van der Waals surface area contributed by atoms with E-state index in [4.69, 9.17) is 21.4 Å². The number of hydrogen-bond donors (Lipinski definition) is 2. The number of halogens is 1. The van der Waals surface area contributed by atoms with Crippen LogP contribution in [-0.4, -0.2) is 42.1 Å². The number of carboxylic acid groups (broad SMARTS) is 1. The van der Waals surface area contributed by atoms with Crippen LogP contribution in [0.5, 0.6) is 5.75 Å². The largest absolute Gasteiger partial charge is 0.496 e. The Balaban J connectivity index is 2.86. The van der Waals surface area contributed by atoms with Gasteiger partial charge in [0.25, 0.3) is 5.91 Å². The summed E-state index contributed by atoms with van der Waals surface area (Å²) in [6.07, 6.45) is 2.24. The first-order chi connectivity index (χ1) is 9.49. The van der Waals surface area contributed by atoms with E-state index in [1.54, 1.807) is 6.07 Å². The molecular formula is C13H16ClNO4S. The second-order valence-corrected chi connectivity index (χ2v) is 5.41. The standard InChI is InChI=1S/C13H16ClNO4S/c1-19-11-7-8(14)3-4-9(11)12(16)15-10(13(17)18)5-6-20-2/h3-4,7,10H,5-6H2,1-2H3,(H,15,16)(H,17,18). The van der Waals surface area contributed by atoms with Crippen LogP contribution in [-0.2, 0) is 4.79 Å². The summed E-state index contributed by atoms with van der Waals surface area (Å²) >= 11 is 7.34. The molecule has 0 bridgehead atoms. The minimum atomic E-state index is -1.06. The molecule has 1 aromatic carbocycles. The summed E-state index contributed by atoms with van der Waals surface area (Å²) in [6.45, 7) is 0. The number of carbonyl (C=O) groups excluding carboxylic acids is 1. The van der Waals surface area contributed by atoms with Crippen LogP contribution in [0.3, 0.4) is 0 Å². The van der Waals surface area contributed by atoms with Gasteiger partial charge in [-0.1, -0.05) is 11.6 Å². The Morgan fingerprint density at radius 3 is 2.75 bits per heavy atom. The van der Waals surface area contributed by atoms with Crippen molar-refractivity contribution in [3.8, 4) is 5.75 Å². The first-order valence-electron chi connectivity index (χ1n) is 5.85. The number of carbonyl (C=O) groups is 2. The number of aliphatic carboxylic acids is 1. The van der Waals surface area contributed by atoms with E-state index in [0.717, 1.165) is 0 Å². The molecular weight excluding hydrogens is 302 g/mol. The second-order valence-electron chi connectivity index (χ2n) is 3.99. The third kappa shape index (κ3) is 4.61. The maximum atomic E-state index is 12.1. The van der Waals surface area contributed by atoms with Gasteiger partial charge < -0.3 is 15.2 Å². The number of carboxylic acids is 1. The fraction of sp³-hybridized carbons (Fsp3) is 0.385. The Bertz CT molecular complexity index is 495. The number of thioether (sulfide) groups is 1. The first kappa shape index (κ1) is 16.7. The molecule has 0 fully saturated rings. The van der Waals surface area contributed by atoms with Crippen molar-refractivity contribution in [2.24, 2.45) is 0 Å².